The van der Waals surface area contributed by atoms with E-state index in [0.717, 1.165) is 0 Å². The molecule has 0 aliphatic heterocycles. The molecule has 0 saturated carbocycles. The minimum absolute atomic E-state index is 0.00141. The van der Waals surface area contributed by atoms with Crippen molar-refractivity contribution in [3.8, 4) is 11.4 Å². The third kappa shape index (κ3) is 3.84. The second-order valence-corrected chi connectivity index (χ2v) is 6.37. The lowest BCUT2D eigenvalue weighted by Crippen LogP contribution is -2.14. The summed E-state index contributed by atoms with van der Waals surface area (Å²) in [6.45, 7) is 2.55. The molecule has 8 heteroatoms. The molecule has 0 saturated heterocycles. The maximum atomic E-state index is 12.1. The summed E-state index contributed by atoms with van der Waals surface area (Å²) in [6.07, 6.45) is 0. The molecule has 0 radical (unpaired) electrons. The first-order valence-electron chi connectivity index (χ1n) is 6.22. The van der Waals surface area contributed by atoms with E-state index in [2.05, 4.69) is 20.6 Å². The maximum absolute atomic E-state index is 12.1. The van der Waals surface area contributed by atoms with Crippen molar-refractivity contribution in [2.45, 2.75) is 12.7 Å². The van der Waals surface area contributed by atoms with E-state index < -0.39 is 9.84 Å². The Morgan fingerprint density at radius 2 is 2.10 bits per heavy atom. The Bertz CT molecular complexity index is 640. The van der Waals surface area contributed by atoms with Gasteiger partial charge in [-0.05, 0) is 17.7 Å². The highest BCUT2D eigenvalue weighted by Gasteiger charge is 2.16. The Morgan fingerprint density at radius 1 is 1.30 bits per heavy atom. The van der Waals surface area contributed by atoms with Crippen LogP contribution in [0.4, 0.5) is 0 Å². The molecular formula is C12H16N4O3S. The van der Waals surface area contributed by atoms with Crippen LogP contribution in [-0.2, 0) is 20.3 Å². The zero-order valence-corrected chi connectivity index (χ0v) is 11.9. The Balaban J connectivity index is 2.18. The summed E-state index contributed by atoms with van der Waals surface area (Å²) in [5.74, 6) is 0.326. The summed E-state index contributed by atoms with van der Waals surface area (Å²) >= 11 is 0. The number of nitrogens with one attached hydrogen (secondary N) is 1. The summed E-state index contributed by atoms with van der Waals surface area (Å²) < 4.78 is 29.2. The molecule has 0 aliphatic carbocycles. The number of H-pyrrole nitrogens is 1. The minimum Gasteiger partial charge on any atom is -0.381 e. The van der Waals surface area contributed by atoms with Gasteiger partial charge in [0.25, 0.3) is 0 Å². The Kier molecular flexibility index (Phi) is 4.80. The molecule has 0 aliphatic rings. The van der Waals surface area contributed by atoms with Crippen molar-refractivity contribution in [2.24, 2.45) is 0 Å². The first-order chi connectivity index (χ1) is 9.62. The fourth-order valence-electron chi connectivity index (χ4n) is 1.78. The summed E-state index contributed by atoms with van der Waals surface area (Å²) in [6, 6.07) is 7.13. The van der Waals surface area contributed by atoms with Gasteiger partial charge in [-0.3, -0.25) is 0 Å². The van der Waals surface area contributed by atoms with Crippen molar-refractivity contribution in [1.82, 2.24) is 20.6 Å². The molecule has 7 nitrogen and oxygen atoms in total. The average Bonchev–Trinajstić information content (AvgIpc) is 2.93. The number of ether oxygens (including phenoxy) is 1. The van der Waals surface area contributed by atoms with Gasteiger partial charge in [-0.1, -0.05) is 24.3 Å². The van der Waals surface area contributed by atoms with E-state index in [1.54, 1.807) is 18.2 Å². The summed E-state index contributed by atoms with van der Waals surface area (Å²) in [7, 11) is -3.23. The van der Waals surface area contributed by atoms with Crippen molar-refractivity contribution < 1.29 is 13.2 Å². The number of nitrogens with zero attached hydrogens (tertiary/aromatic N) is 3. The molecule has 1 N–H and O–H groups in total. The van der Waals surface area contributed by atoms with Crippen LogP contribution in [0.3, 0.4) is 0 Å². The number of tetrazole rings is 1. The molecule has 1 aromatic carbocycles. The highest BCUT2D eigenvalue weighted by Crippen LogP contribution is 2.21. The second-order valence-electron chi connectivity index (χ2n) is 4.18. The van der Waals surface area contributed by atoms with Gasteiger partial charge in [-0.15, -0.1) is 10.2 Å². The number of hydrogen-bond donors (Lipinski definition) is 1. The van der Waals surface area contributed by atoms with Gasteiger partial charge in [0.2, 0.25) is 5.82 Å². The Labute approximate surface area is 117 Å². The lowest BCUT2D eigenvalue weighted by Gasteiger charge is -2.07. The van der Waals surface area contributed by atoms with Gasteiger partial charge in [0, 0.05) is 12.2 Å². The van der Waals surface area contributed by atoms with Crippen molar-refractivity contribution in [1.29, 1.82) is 0 Å². The monoisotopic (exact) mass is 296 g/mol. The number of sulfone groups is 1. The standard InChI is InChI=1S/C12H16N4O3S/c1-2-19-7-8-20(17,18)9-10-5-3-4-6-11(10)12-13-15-16-14-12/h3-6H,2,7-9H2,1H3,(H,13,14,15,16). The van der Waals surface area contributed by atoms with Crippen molar-refractivity contribution in [2.75, 3.05) is 19.0 Å². The number of aromatic nitrogens is 4. The Morgan fingerprint density at radius 3 is 2.80 bits per heavy atom. The average molecular weight is 296 g/mol. The van der Waals surface area contributed by atoms with Crippen LogP contribution < -0.4 is 0 Å². The predicted molar refractivity (Wildman–Crippen MR) is 73.6 cm³/mol. The first kappa shape index (κ1) is 14.6. The fraction of sp³-hybridized carbons (Fsp3) is 0.417. The smallest absolute Gasteiger partial charge is 0.204 e. The maximum Gasteiger partial charge on any atom is 0.204 e. The second kappa shape index (κ2) is 6.58. The fourth-order valence-corrected chi connectivity index (χ4v) is 3.02. The van der Waals surface area contributed by atoms with Gasteiger partial charge in [0.05, 0.1) is 18.1 Å². The van der Waals surface area contributed by atoms with Crippen LogP contribution in [0.2, 0.25) is 0 Å². The normalized spacial score (nSPS) is 11.7. The molecular weight excluding hydrogens is 280 g/mol. The van der Waals surface area contributed by atoms with Crippen molar-refractivity contribution >= 4 is 9.84 Å². The van der Waals surface area contributed by atoms with E-state index in [-0.39, 0.29) is 18.1 Å². The van der Waals surface area contributed by atoms with E-state index in [1.165, 1.54) is 0 Å². The minimum atomic E-state index is -3.23. The molecule has 0 fully saturated rings. The molecule has 2 aromatic rings. The number of rotatable bonds is 7. The van der Waals surface area contributed by atoms with Crippen LogP contribution in [0.15, 0.2) is 24.3 Å². The van der Waals surface area contributed by atoms with Gasteiger partial charge >= 0.3 is 0 Å². The van der Waals surface area contributed by atoms with E-state index in [4.69, 9.17) is 4.74 Å². The molecule has 0 bridgehead atoms. The Hall–Kier alpha value is -1.80. The van der Waals surface area contributed by atoms with E-state index in [9.17, 15) is 8.42 Å². The van der Waals surface area contributed by atoms with E-state index in [1.807, 2.05) is 13.0 Å². The van der Waals surface area contributed by atoms with Crippen LogP contribution >= 0.6 is 0 Å². The molecule has 0 spiro atoms. The number of aromatic amines is 1. The van der Waals surface area contributed by atoms with Crippen LogP contribution in [0.5, 0.6) is 0 Å². The topological polar surface area (TPSA) is 97.8 Å². The van der Waals surface area contributed by atoms with Crippen LogP contribution in [0.1, 0.15) is 12.5 Å². The third-order valence-corrected chi connectivity index (χ3v) is 4.26. The van der Waals surface area contributed by atoms with Crippen LogP contribution in [0.25, 0.3) is 11.4 Å². The lowest BCUT2D eigenvalue weighted by atomic mass is 10.1. The molecule has 1 aromatic heterocycles. The van der Waals surface area contributed by atoms with E-state index in [0.29, 0.717) is 23.6 Å². The summed E-state index contributed by atoms with van der Waals surface area (Å²) in [4.78, 5) is 0. The summed E-state index contributed by atoms with van der Waals surface area (Å²) in [5, 5.41) is 13.6. The molecule has 0 atom stereocenters. The highest BCUT2D eigenvalue weighted by molar-refractivity contribution is 7.90. The van der Waals surface area contributed by atoms with Gasteiger partial charge in [0.15, 0.2) is 9.84 Å². The van der Waals surface area contributed by atoms with Crippen molar-refractivity contribution in [3.63, 3.8) is 0 Å². The lowest BCUT2D eigenvalue weighted by molar-refractivity contribution is 0.163. The molecule has 1 heterocycles. The van der Waals surface area contributed by atoms with Crippen LogP contribution in [0, 0.1) is 0 Å². The first-order valence-corrected chi connectivity index (χ1v) is 8.04. The number of benzene rings is 1. The molecule has 0 amide bonds. The number of hydrogen-bond acceptors (Lipinski definition) is 6. The molecule has 108 valence electrons. The van der Waals surface area contributed by atoms with Gasteiger partial charge in [-0.25, -0.2) is 8.42 Å². The van der Waals surface area contributed by atoms with Crippen LogP contribution in [-0.4, -0.2) is 48.0 Å². The van der Waals surface area contributed by atoms with E-state index >= 15 is 0 Å². The predicted octanol–water partition coefficient (Wildman–Crippen LogP) is 0.818. The van der Waals surface area contributed by atoms with Gasteiger partial charge < -0.3 is 4.74 Å². The van der Waals surface area contributed by atoms with Crippen molar-refractivity contribution in [3.05, 3.63) is 29.8 Å². The zero-order chi connectivity index (χ0) is 14.4. The molecule has 0 unspecified atom stereocenters. The highest BCUT2D eigenvalue weighted by atomic mass is 32.2. The quantitative estimate of drug-likeness (QED) is 0.760. The largest absolute Gasteiger partial charge is 0.381 e. The zero-order valence-electron chi connectivity index (χ0n) is 11.1. The SMILES string of the molecule is CCOCCS(=O)(=O)Cc1ccccc1-c1nn[nH]n1. The molecule has 20 heavy (non-hydrogen) atoms. The van der Waals surface area contributed by atoms with Gasteiger partial charge in [-0.2, -0.15) is 5.21 Å². The van der Waals surface area contributed by atoms with Gasteiger partial charge in [0.1, 0.15) is 0 Å². The summed E-state index contributed by atoms with van der Waals surface area (Å²) in [5.41, 5.74) is 1.33. The molecule has 2 rings (SSSR count). The third-order valence-electron chi connectivity index (χ3n) is 2.72.